The molecule has 1 amide bonds. The van der Waals surface area contributed by atoms with Crippen LogP contribution in [0.5, 0.6) is 0 Å². The van der Waals surface area contributed by atoms with Crippen LogP contribution in [-0.2, 0) is 6.42 Å². The van der Waals surface area contributed by atoms with Crippen LogP contribution in [0.2, 0.25) is 0 Å². The third-order valence-electron chi connectivity index (χ3n) is 5.43. The van der Waals surface area contributed by atoms with Crippen molar-refractivity contribution in [2.24, 2.45) is 4.99 Å². The lowest BCUT2D eigenvalue weighted by atomic mass is 10.1. The fourth-order valence-corrected chi connectivity index (χ4v) is 4.67. The molecule has 1 aliphatic rings. The number of amides is 1. The first kappa shape index (κ1) is 22.2. The van der Waals surface area contributed by atoms with E-state index in [-0.39, 0.29) is 5.91 Å². The van der Waals surface area contributed by atoms with Crippen LogP contribution in [0, 0.1) is 0 Å². The second-order valence-electron chi connectivity index (χ2n) is 7.87. The number of hydrogen-bond donors (Lipinski definition) is 2. The Kier molecular flexibility index (Phi) is 7.62. The summed E-state index contributed by atoms with van der Waals surface area (Å²) in [5.41, 5.74) is 3.80. The molecule has 0 fully saturated rings. The fourth-order valence-electron chi connectivity index (χ4n) is 3.67. The van der Waals surface area contributed by atoms with E-state index >= 15 is 0 Å². The summed E-state index contributed by atoms with van der Waals surface area (Å²) < 4.78 is 0. The van der Waals surface area contributed by atoms with Gasteiger partial charge in [0.25, 0.3) is 5.91 Å². The Hall–Kier alpha value is -3.05. The number of benzene rings is 3. The number of amidine groups is 1. The van der Waals surface area contributed by atoms with Crippen molar-refractivity contribution in [1.29, 1.82) is 0 Å². The molecule has 0 saturated heterocycles. The quantitative estimate of drug-likeness (QED) is 0.421. The maximum atomic E-state index is 12.8. The highest BCUT2D eigenvalue weighted by Gasteiger charge is 2.18. The summed E-state index contributed by atoms with van der Waals surface area (Å²) in [5.74, 6) is 0.813. The molecule has 0 aliphatic carbocycles. The van der Waals surface area contributed by atoms with Crippen molar-refractivity contribution in [1.82, 2.24) is 10.6 Å². The van der Waals surface area contributed by atoms with Gasteiger partial charge in [0.15, 0.2) is 0 Å². The Morgan fingerprint density at radius 3 is 2.56 bits per heavy atom. The topological polar surface area (TPSA) is 53.5 Å². The third-order valence-corrected chi connectivity index (χ3v) is 6.57. The van der Waals surface area contributed by atoms with Crippen LogP contribution >= 0.6 is 11.8 Å². The first-order valence-electron chi connectivity index (χ1n) is 11.3. The van der Waals surface area contributed by atoms with Gasteiger partial charge in [0.1, 0.15) is 5.84 Å². The number of rotatable bonds is 8. The molecule has 2 N–H and O–H groups in total. The largest absolute Gasteiger partial charge is 0.370 e. The Labute approximate surface area is 194 Å². The highest BCUT2D eigenvalue weighted by molar-refractivity contribution is 7.99. The summed E-state index contributed by atoms with van der Waals surface area (Å²) >= 11 is 1.70. The van der Waals surface area contributed by atoms with Crippen LogP contribution < -0.4 is 10.6 Å². The number of unbranched alkanes of at least 4 members (excludes halogenated alkanes) is 2. The van der Waals surface area contributed by atoms with Gasteiger partial charge in [-0.3, -0.25) is 4.79 Å². The van der Waals surface area contributed by atoms with Crippen LogP contribution in [0.1, 0.15) is 47.7 Å². The van der Waals surface area contributed by atoms with Crippen LogP contribution in [0.25, 0.3) is 0 Å². The molecular weight excluding hydrogens is 414 g/mol. The molecule has 3 aromatic carbocycles. The second-order valence-corrected chi connectivity index (χ2v) is 8.95. The second kappa shape index (κ2) is 11.0. The molecule has 0 bridgehead atoms. The molecule has 1 aliphatic heterocycles. The minimum absolute atomic E-state index is 0.0665. The zero-order valence-corrected chi connectivity index (χ0v) is 19.3. The Balaban J connectivity index is 1.51. The highest BCUT2D eigenvalue weighted by Crippen LogP contribution is 2.40. The summed E-state index contributed by atoms with van der Waals surface area (Å²) in [5, 5.41) is 6.57. The lowest BCUT2D eigenvalue weighted by Crippen LogP contribution is -2.26. The maximum Gasteiger partial charge on any atom is 0.251 e. The monoisotopic (exact) mass is 443 g/mol. The van der Waals surface area contributed by atoms with E-state index in [0.29, 0.717) is 12.1 Å². The molecule has 0 spiro atoms. The highest BCUT2D eigenvalue weighted by atomic mass is 32.2. The normalized spacial score (nSPS) is 12.2. The van der Waals surface area contributed by atoms with Crippen LogP contribution in [0.15, 0.2) is 87.6 Å². The molecule has 164 valence electrons. The van der Waals surface area contributed by atoms with Gasteiger partial charge in [-0.15, -0.1) is 0 Å². The molecule has 4 rings (SSSR count). The Bertz CT molecular complexity index is 1100. The van der Waals surface area contributed by atoms with Crippen LogP contribution in [0.4, 0.5) is 5.69 Å². The van der Waals surface area contributed by atoms with Crippen molar-refractivity contribution in [3.63, 3.8) is 0 Å². The summed E-state index contributed by atoms with van der Waals surface area (Å²) in [6.07, 6.45) is 4.31. The van der Waals surface area contributed by atoms with Crippen molar-refractivity contribution in [3.05, 3.63) is 89.5 Å². The molecule has 4 nitrogen and oxygen atoms in total. The van der Waals surface area contributed by atoms with Crippen molar-refractivity contribution < 1.29 is 4.79 Å². The fraction of sp³-hybridized carbons (Fsp3) is 0.259. The van der Waals surface area contributed by atoms with E-state index in [4.69, 9.17) is 4.99 Å². The van der Waals surface area contributed by atoms with Crippen molar-refractivity contribution >= 4 is 29.2 Å². The summed E-state index contributed by atoms with van der Waals surface area (Å²) in [4.78, 5) is 20.0. The van der Waals surface area contributed by atoms with Crippen LogP contribution in [-0.4, -0.2) is 24.8 Å². The molecule has 1 heterocycles. The summed E-state index contributed by atoms with van der Waals surface area (Å²) in [6.45, 7) is 3.70. The molecule has 0 saturated carbocycles. The number of aliphatic imine (C=N–C) groups is 1. The SMILES string of the molecule is CCCCCNC1=Nc2cc(C(=O)NCCc3ccccc3)ccc2Sc2ccccc21. The summed E-state index contributed by atoms with van der Waals surface area (Å²) in [7, 11) is 0. The van der Waals surface area contributed by atoms with Gasteiger partial charge in [0.2, 0.25) is 0 Å². The molecule has 0 aromatic heterocycles. The lowest BCUT2D eigenvalue weighted by molar-refractivity contribution is 0.0954. The zero-order valence-electron chi connectivity index (χ0n) is 18.4. The van der Waals surface area contributed by atoms with E-state index in [9.17, 15) is 4.79 Å². The van der Waals surface area contributed by atoms with Gasteiger partial charge in [0.05, 0.1) is 5.69 Å². The molecule has 0 unspecified atom stereocenters. The standard InChI is InChI=1S/C27H29N3OS/c1-2-3-9-17-28-26-22-12-7-8-13-24(22)32-25-15-14-21(19-23(25)30-26)27(31)29-18-16-20-10-5-4-6-11-20/h4-8,10-15,19H,2-3,9,16-18H2,1H3,(H,28,30)(H,29,31). The predicted molar refractivity (Wildman–Crippen MR) is 133 cm³/mol. The first-order valence-corrected chi connectivity index (χ1v) is 12.1. The molecular formula is C27H29N3OS. The zero-order chi connectivity index (χ0) is 22.2. The van der Waals surface area contributed by atoms with E-state index < -0.39 is 0 Å². The Morgan fingerprint density at radius 1 is 0.906 bits per heavy atom. The minimum Gasteiger partial charge on any atom is -0.370 e. The van der Waals surface area contributed by atoms with Crippen molar-refractivity contribution in [2.75, 3.05) is 13.1 Å². The van der Waals surface area contributed by atoms with E-state index in [2.05, 4.69) is 47.9 Å². The number of fused-ring (bicyclic) bond motifs is 2. The van der Waals surface area contributed by atoms with Gasteiger partial charge in [-0.25, -0.2) is 4.99 Å². The van der Waals surface area contributed by atoms with E-state index in [1.54, 1.807) is 11.8 Å². The number of nitrogens with zero attached hydrogens (tertiary/aromatic N) is 1. The number of nitrogens with one attached hydrogen (secondary N) is 2. The van der Waals surface area contributed by atoms with Gasteiger partial charge in [-0.2, -0.15) is 0 Å². The molecule has 5 heteroatoms. The number of hydrogen-bond acceptors (Lipinski definition) is 4. The molecule has 0 radical (unpaired) electrons. The maximum absolute atomic E-state index is 12.8. The van der Waals surface area contributed by atoms with Gasteiger partial charge in [-0.05, 0) is 42.7 Å². The summed E-state index contributed by atoms with van der Waals surface area (Å²) in [6, 6.07) is 24.3. The van der Waals surface area contributed by atoms with Crippen molar-refractivity contribution in [2.45, 2.75) is 42.4 Å². The molecule has 3 aromatic rings. The minimum atomic E-state index is -0.0665. The van der Waals surface area contributed by atoms with E-state index in [1.807, 2.05) is 42.5 Å². The number of carbonyl (C=O) groups is 1. The van der Waals surface area contributed by atoms with Gasteiger partial charge < -0.3 is 10.6 Å². The Morgan fingerprint density at radius 2 is 1.72 bits per heavy atom. The molecule has 32 heavy (non-hydrogen) atoms. The first-order chi connectivity index (χ1) is 15.7. The van der Waals surface area contributed by atoms with Crippen molar-refractivity contribution in [3.8, 4) is 0 Å². The smallest absolute Gasteiger partial charge is 0.251 e. The molecule has 0 atom stereocenters. The third kappa shape index (κ3) is 5.60. The average molecular weight is 444 g/mol. The van der Waals surface area contributed by atoms with Gasteiger partial charge in [0, 0.05) is 34.0 Å². The van der Waals surface area contributed by atoms with E-state index in [1.165, 1.54) is 23.3 Å². The lowest BCUT2D eigenvalue weighted by Gasteiger charge is -2.11. The van der Waals surface area contributed by atoms with Gasteiger partial charge in [-0.1, -0.05) is 80.1 Å². The average Bonchev–Trinajstić information content (AvgIpc) is 2.98. The van der Waals surface area contributed by atoms with Crippen LogP contribution in [0.3, 0.4) is 0 Å². The van der Waals surface area contributed by atoms with Gasteiger partial charge >= 0.3 is 0 Å². The predicted octanol–water partition coefficient (Wildman–Crippen LogP) is 5.98. The van der Waals surface area contributed by atoms with E-state index in [0.717, 1.165) is 41.4 Å². The number of carbonyl (C=O) groups excluding carboxylic acids is 1.